The Kier molecular flexibility index (Phi) is 6.08. The van der Waals surface area contributed by atoms with Crippen LogP contribution in [0.25, 0.3) is 0 Å². The number of carbonyl (C=O) groups is 4. The molecule has 2 aromatic carbocycles. The van der Waals surface area contributed by atoms with Gasteiger partial charge >= 0.3 is 5.97 Å². The molecule has 0 aliphatic carbocycles. The first-order valence-corrected chi connectivity index (χ1v) is 10.4. The van der Waals surface area contributed by atoms with Gasteiger partial charge < -0.3 is 14.1 Å². The summed E-state index contributed by atoms with van der Waals surface area (Å²) in [7, 11) is 0. The van der Waals surface area contributed by atoms with Crippen LogP contribution in [-0.4, -0.2) is 34.6 Å². The van der Waals surface area contributed by atoms with Crippen LogP contribution in [-0.2, 0) is 20.9 Å². The van der Waals surface area contributed by atoms with E-state index < -0.39 is 23.8 Å². The van der Waals surface area contributed by atoms with Gasteiger partial charge in [0.05, 0.1) is 24.9 Å². The molecule has 2 heterocycles. The molecule has 168 valence electrons. The van der Waals surface area contributed by atoms with Crippen LogP contribution in [0.3, 0.4) is 0 Å². The number of hydrogen-bond acceptors (Lipinski definition) is 6. The van der Waals surface area contributed by atoms with Crippen molar-refractivity contribution in [3.05, 3.63) is 83.8 Å². The average Bonchev–Trinajstić information content (AvgIpc) is 3.40. The van der Waals surface area contributed by atoms with Gasteiger partial charge in [-0.2, -0.15) is 0 Å². The van der Waals surface area contributed by atoms with E-state index in [4.69, 9.17) is 9.15 Å². The summed E-state index contributed by atoms with van der Waals surface area (Å²) < 4.78 is 10.4. The Bertz CT molecular complexity index is 1180. The van der Waals surface area contributed by atoms with Crippen molar-refractivity contribution in [2.75, 3.05) is 4.90 Å². The largest absolute Gasteiger partial charge is 0.467 e. The molecule has 1 fully saturated rings. The number of rotatable bonds is 6. The molecule has 0 radical (unpaired) electrons. The maximum absolute atomic E-state index is 13.4. The fraction of sp³-hybridized carbons (Fsp3) is 0.200. The van der Waals surface area contributed by atoms with Gasteiger partial charge in [0.15, 0.2) is 0 Å². The SMILES string of the molecule is CC(=O)Oc1ccc(N2C(=O)CC(N(Cc3ccco3)C(=O)c3ccc(C)cc3)C2=O)cc1. The summed E-state index contributed by atoms with van der Waals surface area (Å²) in [5.74, 6) is -0.974. The highest BCUT2D eigenvalue weighted by atomic mass is 16.5. The molecule has 1 aromatic heterocycles. The number of aryl methyl sites for hydroxylation is 1. The van der Waals surface area contributed by atoms with Crippen molar-refractivity contribution < 1.29 is 28.3 Å². The van der Waals surface area contributed by atoms with E-state index in [2.05, 4.69) is 0 Å². The molecule has 1 aliphatic rings. The molecule has 0 spiro atoms. The van der Waals surface area contributed by atoms with Crippen molar-refractivity contribution in [2.24, 2.45) is 0 Å². The second-order valence-corrected chi connectivity index (χ2v) is 7.75. The zero-order valence-electron chi connectivity index (χ0n) is 18.2. The van der Waals surface area contributed by atoms with E-state index in [1.165, 1.54) is 42.4 Å². The van der Waals surface area contributed by atoms with E-state index in [-0.39, 0.29) is 18.9 Å². The Morgan fingerprint density at radius 3 is 2.36 bits per heavy atom. The number of ether oxygens (including phenoxy) is 1. The van der Waals surface area contributed by atoms with E-state index in [1.54, 1.807) is 24.3 Å². The lowest BCUT2D eigenvalue weighted by atomic mass is 10.1. The first kappa shape index (κ1) is 22.0. The van der Waals surface area contributed by atoms with Crippen LogP contribution in [0, 0.1) is 6.92 Å². The minimum Gasteiger partial charge on any atom is -0.467 e. The minimum absolute atomic E-state index is 0.0443. The third kappa shape index (κ3) is 4.69. The topological polar surface area (TPSA) is 97.1 Å². The third-order valence-electron chi connectivity index (χ3n) is 5.32. The molecule has 1 atom stereocenters. The van der Waals surface area contributed by atoms with Gasteiger partial charge in [-0.05, 0) is 55.5 Å². The number of furan rings is 1. The first-order chi connectivity index (χ1) is 15.8. The summed E-state index contributed by atoms with van der Waals surface area (Å²) in [6.45, 7) is 3.24. The second kappa shape index (κ2) is 9.12. The molecule has 8 heteroatoms. The summed E-state index contributed by atoms with van der Waals surface area (Å²) in [5, 5.41) is 0. The molecular weight excluding hydrogens is 424 g/mol. The van der Waals surface area contributed by atoms with Gasteiger partial charge in [-0.3, -0.25) is 19.2 Å². The van der Waals surface area contributed by atoms with Gasteiger partial charge in [-0.25, -0.2) is 4.90 Å². The predicted octanol–water partition coefficient (Wildman–Crippen LogP) is 3.49. The molecule has 1 aliphatic heterocycles. The standard InChI is InChI=1S/C25H22N2O6/c1-16-5-7-18(8-6-16)24(30)26(15-21-4-3-13-32-21)22-14-23(29)27(25(22)31)19-9-11-20(12-10-19)33-17(2)28/h3-13,22H,14-15H2,1-2H3. The van der Waals surface area contributed by atoms with Crippen molar-refractivity contribution in [2.45, 2.75) is 32.9 Å². The Morgan fingerprint density at radius 2 is 1.76 bits per heavy atom. The Balaban J connectivity index is 1.62. The van der Waals surface area contributed by atoms with E-state index in [0.29, 0.717) is 22.8 Å². The number of nitrogens with zero attached hydrogens (tertiary/aromatic N) is 2. The molecule has 1 unspecified atom stereocenters. The number of hydrogen-bond donors (Lipinski definition) is 0. The number of amides is 3. The lowest BCUT2D eigenvalue weighted by Gasteiger charge is -2.27. The number of carbonyl (C=O) groups excluding carboxylic acids is 4. The fourth-order valence-electron chi connectivity index (χ4n) is 3.72. The molecule has 0 bridgehead atoms. The lowest BCUT2D eigenvalue weighted by Crippen LogP contribution is -2.45. The molecule has 33 heavy (non-hydrogen) atoms. The van der Waals surface area contributed by atoms with Gasteiger partial charge in [0, 0.05) is 12.5 Å². The quantitative estimate of drug-likeness (QED) is 0.327. The van der Waals surface area contributed by atoms with Crippen LogP contribution in [0.5, 0.6) is 5.75 Å². The number of esters is 1. The molecule has 1 saturated heterocycles. The molecular formula is C25H22N2O6. The Labute approximate surface area is 190 Å². The number of benzene rings is 2. The highest BCUT2D eigenvalue weighted by molar-refractivity contribution is 6.23. The maximum Gasteiger partial charge on any atom is 0.308 e. The summed E-state index contributed by atoms with van der Waals surface area (Å²) in [6.07, 6.45) is 1.34. The maximum atomic E-state index is 13.4. The second-order valence-electron chi connectivity index (χ2n) is 7.75. The van der Waals surface area contributed by atoms with Gasteiger partial charge in [0.25, 0.3) is 11.8 Å². The minimum atomic E-state index is -0.982. The van der Waals surface area contributed by atoms with Crippen molar-refractivity contribution in [1.29, 1.82) is 0 Å². The summed E-state index contributed by atoms with van der Waals surface area (Å²) in [5.41, 5.74) is 1.75. The molecule has 3 amide bonds. The van der Waals surface area contributed by atoms with Crippen LogP contribution in [0.15, 0.2) is 71.3 Å². The zero-order chi connectivity index (χ0) is 23.5. The first-order valence-electron chi connectivity index (χ1n) is 10.4. The van der Waals surface area contributed by atoms with Gasteiger partial charge in [0.1, 0.15) is 17.6 Å². The summed E-state index contributed by atoms with van der Waals surface area (Å²) >= 11 is 0. The summed E-state index contributed by atoms with van der Waals surface area (Å²) in [6, 6.07) is 15.5. The van der Waals surface area contributed by atoms with Crippen molar-refractivity contribution in [3.63, 3.8) is 0 Å². The van der Waals surface area contributed by atoms with Crippen LogP contribution in [0.2, 0.25) is 0 Å². The van der Waals surface area contributed by atoms with Crippen LogP contribution >= 0.6 is 0 Å². The lowest BCUT2D eigenvalue weighted by molar-refractivity contribution is -0.132. The molecule has 8 nitrogen and oxygen atoms in total. The number of anilines is 1. The normalized spacial score (nSPS) is 15.6. The predicted molar refractivity (Wildman–Crippen MR) is 118 cm³/mol. The van der Waals surface area contributed by atoms with E-state index >= 15 is 0 Å². The fourth-order valence-corrected chi connectivity index (χ4v) is 3.72. The molecule has 4 rings (SSSR count). The van der Waals surface area contributed by atoms with E-state index in [0.717, 1.165) is 10.5 Å². The smallest absolute Gasteiger partial charge is 0.308 e. The third-order valence-corrected chi connectivity index (χ3v) is 5.32. The van der Waals surface area contributed by atoms with E-state index in [9.17, 15) is 19.2 Å². The molecule has 3 aromatic rings. The van der Waals surface area contributed by atoms with Crippen LogP contribution < -0.4 is 9.64 Å². The Hall–Kier alpha value is -4.20. The number of imide groups is 1. The average molecular weight is 446 g/mol. The molecule has 0 N–H and O–H groups in total. The van der Waals surface area contributed by atoms with Crippen LogP contribution in [0.4, 0.5) is 5.69 Å². The van der Waals surface area contributed by atoms with E-state index in [1.807, 2.05) is 19.1 Å². The highest BCUT2D eigenvalue weighted by Gasteiger charge is 2.44. The van der Waals surface area contributed by atoms with Gasteiger partial charge in [-0.1, -0.05) is 17.7 Å². The molecule has 0 saturated carbocycles. The van der Waals surface area contributed by atoms with Crippen molar-refractivity contribution in [1.82, 2.24) is 4.90 Å². The van der Waals surface area contributed by atoms with Crippen LogP contribution in [0.1, 0.15) is 35.0 Å². The van der Waals surface area contributed by atoms with Gasteiger partial charge in [-0.15, -0.1) is 0 Å². The monoisotopic (exact) mass is 446 g/mol. The van der Waals surface area contributed by atoms with Crippen molar-refractivity contribution >= 4 is 29.4 Å². The zero-order valence-corrected chi connectivity index (χ0v) is 18.2. The highest BCUT2D eigenvalue weighted by Crippen LogP contribution is 2.29. The van der Waals surface area contributed by atoms with Crippen molar-refractivity contribution in [3.8, 4) is 5.75 Å². The van der Waals surface area contributed by atoms with Gasteiger partial charge in [0.2, 0.25) is 5.91 Å². The summed E-state index contributed by atoms with van der Waals surface area (Å²) in [4.78, 5) is 53.1. The Morgan fingerprint density at radius 1 is 1.06 bits per heavy atom.